The fourth-order valence-corrected chi connectivity index (χ4v) is 4.65. The third kappa shape index (κ3) is 5.03. The van der Waals surface area contributed by atoms with Crippen molar-refractivity contribution in [3.05, 3.63) is 34.8 Å². The molecular weight excluding hydrogens is 402 g/mol. The summed E-state index contributed by atoms with van der Waals surface area (Å²) in [4.78, 5) is 43.6. The van der Waals surface area contributed by atoms with E-state index in [0.717, 1.165) is 42.8 Å². The van der Waals surface area contributed by atoms with Gasteiger partial charge in [0.15, 0.2) is 5.13 Å². The van der Waals surface area contributed by atoms with E-state index in [-0.39, 0.29) is 30.2 Å². The Bertz CT molecular complexity index is 969. The lowest BCUT2D eigenvalue weighted by Gasteiger charge is -2.25. The Kier molecular flexibility index (Phi) is 6.10. The molecule has 0 spiro atoms. The van der Waals surface area contributed by atoms with Gasteiger partial charge in [-0.3, -0.25) is 19.3 Å². The van der Waals surface area contributed by atoms with E-state index in [4.69, 9.17) is 0 Å². The third-order valence-corrected chi connectivity index (χ3v) is 6.35. The number of hydrogen-bond acceptors (Lipinski definition) is 6. The van der Waals surface area contributed by atoms with Crippen molar-refractivity contribution in [1.29, 1.82) is 0 Å². The third-order valence-electron chi connectivity index (χ3n) is 5.35. The van der Waals surface area contributed by atoms with E-state index in [1.807, 2.05) is 0 Å². The molecule has 1 aromatic carbocycles. The van der Waals surface area contributed by atoms with Crippen LogP contribution in [0.15, 0.2) is 24.3 Å². The number of fused-ring (bicyclic) bond motifs is 1. The van der Waals surface area contributed by atoms with Crippen LogP contribution in [-0.4, -0.2) is 40.7 Å². The topological polar surface area (TPSA) is 103 Å². The summed E-state index contributed by atoms with van der Waals surface area (Å²) < 4.78 is 0. The largest absolute Gasteiger partial charge is 0.326 e. The minimum Gasteiger partial charge on any atom is -0.326 e. The second-order valence-electron chi connectivity index (χ2n) is 7.78. The van der Waals surface area contributed by atoms with Gasteiger partial charge in [0.25, 0.3) is 0 Å². The molecular formula is C21H25N5O3S. The summed E-state index contributed by atoms with van der Waals surface area (Å²) in [5.74, 6) is -0.0582. The van der Waals surface area contributed by atoms with Crippen LogP contribution in [-0.2, 0) is 27.3 Å². The Morgan fingerprint density at radius 1 is 1.17 bits per heavy atom. The molecule has 0 unspecified atom stereocenters. The molecule has 30 heavy (non-hydrogen) atoms. The minimum atomic E-state index is -0.157. The number of benzene rings is 1. The molecule has 2 aliphatic rings. The first-order valence-corrected chi connectivity index (χ1v) is 11.0. The second-order valence-corrected chi connectivity index (χ2v) is 8.86. The molecule has 0 bridgehead atoms. The lowest BCUT2D eigenvalue weighted by Crippen LogP contribution is -2.36. The van der Waals surface area contributed by atoms with Crippen molar-refractivity contribution >= 4 is 45.6 Å². The first kappa shape index (κ1) is 20.5. The predicted molar refractivity (Wildman–Crippen MR) is 116 cm³/mol. The number of hydrogen-bond donors (Lipinski definition) is 3. The van der Waals surface area contributed by atoms with Crippen LogP contribution >= 0.6 is 11.3 Å². The van der Waals surface area contributed by atoms with E-state index < -0.39 is 0 Å². The maximum absolute atomic E-state index is 12.5. The summed E-state index contributed by atoms with van der Waals surface area (Å²) >= 11 is 1.50. The van der Waals surface area contributed by atoms with Crippen LogP contribution in [0.25, 0.3) is 0 Å². The van der Waals surface area contributed by atoms with Gasteiger partial charge in [-0.05, 0) is 31.0 Å². The molecule has 3 amide bonds. The van der Waals surface area contributed by atoms with Crippen LogP contribution in [0.5, 0.6) is 0 Å². The van der Waals surface area contributed by atoms with Gasteiger partial charge in [0, 0.05) is 48.6 Å². The number of aromatic nitrogens is 1. The molecule has 2 heterocycles. The van der Waals surface area contributed by atoms with Crippen molar-refractivity contribution in [2.75, 3.05) is 29.0 Å². The number of thiazole rings is 1. The van der Waals surface area contributed by atoms with Gasteiger partial charge < -0.3 is 16.0 Å². The number of amides is 3. The van der Waals surface area contributed by atoms with E-state index in [1.165, 1.54) is 18.3 Å². The first-order chi connectivity index (χ1) is 14.5. The highest BCUT2D eigenvalue weighted by Crippen LogP contribution is 2.31. The van der Waals surface area contributed by atoms with E-state index in [9.17, 15) is 14.4 Å². The van der Waals surface area contributed by atoms with Gasteiger partial charge in [-0.1, -0.05) is 12.5 Å². The van der Waals surface area contributed by atoms with Crippen LogP contribution in [0, 0.1) is 5.92 Å². The number of rotatable bonds is 6. The number of nitrogens with one attached hydrogen (secondary N) is 3. The fraction of sp³-hybridized carbons (Fsp3) is 0.429. The van der Waals surface area contributed by atoms with E-state index in [0.29, 0.717) is 23.1 Å². The average molecular weight is 428 g/mol. The molecule has 0 saturated heterocycles. The molecule has 4 rings (SSSR count). The van der Waals surface area contributed by atoms with Crippen molar-refractivity contribution in [2.45, 2.75) is 39.2 Å². The Labute approximate surface area is 179 Å². The monoisotopic (exact) mass is 427 g/mol. The number of anilines is 3. The molecule has 2 aromatic rings. The first-order valence-electron chi connectivity index (χ1n) is 10.2. The predicted octanol–water partition coefficient (Wildman–Crippen LogP) is 2.84. The zero-order chi connectivity index (χ0) is 21.1. The summed E-state index contributed by atoms with van der Waals surface area (Å²) in [5.41, 5.74) is 2.30. The highest BCUT2D eigenvalue weighted by Gasteiger charge is 2.27. The minimum absolute atomic E-state index is 0.0741. The Balaban J connectivity index is 1.31. The maximum Gasteiger partial charge on any atom is 0.238 e. The Hall–Kier alpha value is -2.78. The lowest BCUT2D eigenvalue weighted by molar-refractivity contribution is -0.122. The highest BCUT2D eigenvalue weighted by molar-refractivity contribution is 7.15. The van der Waals surface area contributed by atoms with Gasteiger partial charge in [0.1, 0.15) is 0 Å². The smallest absolute Gasteiger partial charge is 0.238 e. The summed E-state index contributed by atoms with van der Waals surface area (Å²) in [6.45, 7) is 3.10. The Morgan fingerprint density at radius 2 is 1.93 bits per heavy atom. The average Bonchev–Trinajstić information content (AvgIpc) is 3.01. The lowest BCUT2D eigenvalue weighted by atomic mass is 9.85. The van der Waals surface area contributed by atoms with Gasteiger partial charge in [-0.2, -0.15) is 0 Å². The van der Waals surface area contributed by atoms with Crippen molar-refractivity contribution in [3.63, 3.8) is 0 Å². The molecule has 9 heteroatoms. The summed E-state index contributed by atoms with van der Waals surface area (Å²) in [6, 6.07) is 7.07. The fourth-order valence-electron chi connectivity index (χ4n) is 3.60. The normalized spacial score (nSPS) is 16.3. The molecule has 1 aliphatic carbocycles. The van der Waals surface area contributed by atoms with Crippen LogP contribution in [0.4, 0.5) is 16.5 Å². The molecule has 3 N–H and O–H groups in total. The van der Waals surface area contributed by atoms with Crippen LogP contribution in [0.2, 0.25) is 0 Å². The Morgan fingerprint density at radius 3 is 2.63 bits per heavy atom. The summed E-state index contributed by atoms with van der Waals surface area (Å²) in [5, 5.41) is 9.20. The number of nitrogens with zero attached hydrogens (tertiary/aromatic N) is 2. The molecule has 0 atom stereocenters. The van der Waals surface area contributed by atoms with E-state index in [1.54, 1.807) is 24.3 Å². The standard InChI is InChI=1S/C21H25N5O3S/c1-13(27)22-15-6-3-7-16(10-15)23-19(28)12-26-9-8-17-18(11-26)30-21(24-17)25-20(29)14-4-2-5-14/h3,6-7,10,14H,2,4-5,8-9,11-12H2,1H3,(H,22,27)(H,23,28)(H,24,25,29). The summed E-state index contributed by atoms with van der Waals surface area (Å²) in [6.07, 6.45) is 3.82. The van der Waals surface area contributed by atoms with Gasteiger partial charge in [0.05, 0.1) is 12.2 Å². The molecule has 158 valence electrons. The van der Waals surface area contributed by atoms with Gasteiger partial charge in [-0.15, -0.1) is 11.3 Å². The number of carbonyl (C=O) groups excluding carboxylic acids is 3. The zero-order valence-corrected chi connectivity index (χ0v) is 17.7. The molecule has 1 fully saturated rings. The molecule has 1 aromatic heterocycles. The second kappa shape index (κ2) is 8.93. The van der Waals surface area contributed by atoms with Gasteiger partial charge in [0.2, 0.25) is 17.7 Å². The highest BCUT2D eigenvalue weighted by atomic mass is 32.1. The molecule has 8 nitrogen and oxygen atoms in total. The van der Waals surface area contributed by atoms with Crippen molar-refractivity contribution in [3.8, 4) is 0 Å². The molecule has 1 aliphatic heterocycles. The van der Waals surface area contributed by atoms with Crippen LogP contribution in [0.1, 0.15) is 36.8 Å². The zero-order valence-electron chi connectivity index (χ0n) is 16.9. The van der Waals surface area contributed by atoms with E-state index >= 15 is 0 Å². The van der Waals surface area contributed by atoms with Gasteiger partial charge in [-0.25, -0.2) is 4.98 Å². The quantitative estimate of drug-likeness (QED) is 0.658. The van der Waals surface area contributed by atoms with Crippen LogP contribution < -0.4 is 16.0 Å². The summed E-state index contributed by atoms with van der Waals surface area (Å²) in [7, 11) is 0. The van der Waals surface area contributed by atoms with E-state index in [2.05, 4.69) is 25.8 Å². The van der Waals surface area contributed by atoms with Crippen molar-refractivity contribution in [2.24, 2.45) is 5.92 Å². The SMILES string of the molecule is CC(=O)Nc1cccc(NC(=O)CN2CCc3nc(NC(=O)C4CCC4)sc3C2)c1. The number of carbonyl (C=O) groups is 3. The van der Waals surface area contributed by atoms with Gasteiger partial charge >= 0.3 is 0 Å². The molecule has 1 saturated carbocycles. The van der Waals surface area contributed by atoms with Crippen molar-refractivity contribution in [1.82, 2.24) is 9.88 Å². The van der Waals surface area contributed by atoms with Crippen molar-refractivity contribution < 1.29 is 14.4 Å². The maximum atomic E-state index is 12.5. The van der Waals surface area contributed by atoms with Crippen LogP contribution in [0.3, 0.4) is 0 Å². The molecule has 0 radical (unpaired) electrons.